The van der Waals surface area contributed by atoms with Gasteiger partial charge >= 0.3 is 0 Å². The molecule has 1 aromatic heterocycles. The van der Waals surface area contributed by atoms with Gasteiger partial charge in [0, 0.05) is 45.8 Å². The summed E-state index contributed by atoms with van der Waals surface area (Å²) in [7, 11) is 3.61. The molecule has 4 nitrogen and oxygen atoms in total. The Hall–Kier alpha value is -1.16. The molecule has 0 aliphatic heterocycles. The van der Waals surface area contributed by atoms with Crippen LogP contribution in [0.5, 0.6) is 0 Å². The fraction of sp³-hybridized carbons (Fsp3) is 0.667. The van der Waals surface area contributed by atoms with E-state index in [9.17, 15) is 4.79 Å². The number of ketones is 1. The van der Waals surface area contributed by atoms with Gasteiger partial charge in [-0.3, -0.25) is 4.79 Å². The second-order valence-corrected chi connectivity index (χ2v) is 4.08. The van der Waals surface area contributed by atoms with Crippen molar-refractivity contribution in [3.63, 3.8) is 0 Å². The Labute approximate surface area is 96.6 Å². The van der Waals surface area contributed by atoms with Crippen molar-refractivity contribution in [2.75, 3.05) is 7.11 Å². The van der Waals surface area contributed by atoms with E-state index in [4.69, 9.17) is 4.74 Å². The van der Waals surface area contributed by atoms with E-state index in [0.717, 1.165) is 18.7 Å². The minimum atomic E-state index is 0.164. The van der Waals surface area contributed by atoms with Crippen molar-refractivity contribution in [1.29, 1.82) is 0 Å². The lowest BCUT2D eigenvalue weighted by Gasteiger charge is -2.07. The standard InChI is InChI=1S/C12H20N2O2/c1-10(16-3)4-5-11(15)6-7-12-13-8-9-14(12)2/h8-10H,4-7H2,1-3H3. The van der Waals surface area contributed by atoms with Gasteiger partial charge in [0.2, 0.25) is 0 Å². The molecule has 1 atom stereocenters. The molecule has 0 aliphatic carbocycles. The van der Waals surface area contributed by atoms with Crippen LogP contribution in [-0.2, 0) is 23.0 Å². The number of Topliss-reactive ketones (excluding diaryl/α,β-unsaturated/α-hetero) is 1. The van der Waals surface area contributed by atoms with Crippen LogP contribution in [-0.4, -0.2) is 28.5 Å². The van der Waals surface area contributed by atoms with Crippen LogP contribution in [0.3, 0.4) is 0 Å². The molecule has 0 aliphatic rings. The van der Waals surface area contributed by atoms with Crippen LogP contribution < -0.4 is 0 Å². The lowest BCUT2D eigenvalue weighted by molar-refractivity contribution is -0.119. The molecule has 4 heteroatoms. The Morgan fingerprint density at radius 3 is 2.88 bits per heavy atom. The molecule has 0 saturated carbocycles. The molecule has 0 radical (unpaired) electrons. The average Bonchev–Trinajstić information content (AvgIpc) is 2.69. The van der Waals surface area contributed by atoms with Gasteiger partial charge in [0.15, 0.2) is 0 Å². The van der Waals surface area contributed by atoms with Crippen LogP contribution in [0.1, 0.15) is 32.0 Å². The third-order valence-corrected chi connectivity index (χ3v) is 2.78. The van der Waals surface area contributed by atoms with Crippen LogP contribution in [0, 0.1) is 0 Å². The predicted octanol–water partition coefficient (Wildman–Crippen LogP) is 1.74. The number of aryl methyl sites for hydroxylation is 2. The van der Waals surface area contributed by atoms with E-state index in [2.05, 4.69) is 4.98 Å². The van der Waals surface area contributed by atoms with Crippen LogP contribution in [0.15, 0.2) is 12.4 Å². The van der Waals surface area contributed by atoms with E-state index < -0.39 is 0 Å². The van der Waals surface area contributed by atoms with E-state index in [-0.39, 0.29) is 11.9 Å². The molecule has 1 unspecified atom stereocenters. The fourth-order valence-electron chi connectivity index (χ4n) is 1.50. The Morgan fingerprint density at radius 2 is 2.31 bits per heavy atom. The Kier molecular flexibility index (Phi) is 5.19. The highest BCUT2D eigenvalue weighted by Gasteiger charge is 2.07. The summed E-state index contributed by atoms with van der Waals surface area (Å²) in [4.78, 5) is 15.8. The third kappa shape index (κ3) is 4.14. The van der Waals surface area contributed by atoms with Gasteiger partial charge in [0.25, 0.3) is 0 Å². The minimum Gasteiger partial charge on any atom is -0.382 e. The van der Waals surface area contributed by atoms with Crippen molar-refractivity contribution in [2.24, 2.45) is 7.05 Å². The molecule has 0 saturated heterocycles. The number of carbonyl (C=O) groups is 1. The van der Waals surface area contributed by atoms with Crippen molar-refractivity contribution >= 4 is 5.78 Å². The first-order valence-electron chi connectivity index (χ1n) is 5.64. The fourth-order valence-corrected chi connectivity index (χ4v) is 1.50. The first kappa shape index (κ1) is 12.9. The number of aromatic nitrogens is 2. The van der Waals surface area contributed by atoms with Crippen molar-refractivity contribution in [1.82, 2.24) is 9.55 Å². The second-order valence-electron chi connectivity index (χ2n) is 4.08. The number of rotatable bonds is 7. The summed E-state index contributed by atoms with van der Waals surface area (Å²) in [5.41, 5.74) is 0. The smallest absolute Gasteiger partial charge is 0.133 e. The molecule has 1 aromatic rings. The van der Waals surface area contributed by atoms with Crippen molar-refractivity contribution in [2.45, 2.75) is 38.7 Å². The number of imidazole rings is 1. The maximum absolute atomic E-state index is 11.6. The summed E-state index contributed by atoms with van der Waals surface area (Å²) in [6.45, 7) is 1.98. The topological polar surface area (TPSA) is 44.1 Å². The number of carbonyl (C=O) groups excluding carboxylic acids is 1. The van der Waals surface area contributed by atoms with Crippen molar-refractivity contribution in [3.8, 4) is 0 Å². The quantitative estimate of drug-likeness (QED) is 0.708. The maximum Gasteiger partial charge on any atom is 0.133 e. The summed E-state index contributed by atoms with van der Waals surface area (Å²) in [5.74, 6) is 1.25. The monoisotopic (exact) mass is 224 g/mol. The third-order valence-electron chi connectivity index (χ3n) is 2.78. The van der Waals surface area contributed by atoms with Crippen LogP contribution in [0.2, 0.25) is 0 Å². The van der Waals surface area contributed by atoms with Gasteiger partial charge in [0.1, 0.15) is 11.6 Å². The SMILES string of the molecule is COC(C)CCC(=O)CCc1nccn1C. The van der Waals surface area contributed by atoms with E-state index in [1.807, 2.05) is 24.7 Å². The summed E-state index contributed by atoms with van der Waals surface area (Å²) in [5, 5.41) is 0. The summed E-state index contributed by atoms with van der Waals surface area (Å²) in [6, 6.07) is 0. The van der Waals surface area contributed by atoms with Gasteiger partial charge in [-0.25, -0.2) is 4.98 Å². The lowest BCUT2D eigenvalue weighted by atomic mass is 10.1. The zero-order valence-electron chi connectivity index (χ0n) is 10.3. The number of nitrogens with zero attached hydrogens (tertiary/aromatic N) is 2. The zero-order chi connectivity index (χ0) is 12.0. The molecule has 0 fully saturated rings. The largest absolute Gasteiger partial charge is 0.382 e. The molecule has 16 heavy (non-hydrogen) atoms. The highest BCUT2D eigenvalue weighted by atomic mass is 16.5. The van der Waals surface area contributed by atoms with E-state index in [0.29, 0.717) is 12.8 Å². The number of hydrogen-bond acceptors (Lipinski definition) is 3. The molecular weight excluding hydrogens is 204 g/mol. The normalized spacial score (nSPS) is 12.7. The summed E-state index contributed by atoms with van der Waals surface area (Å²) >= 11 is 0. The Bertz CT molecular complexity index is 334. The predicted molar refractivity (Wildman–Crippen MR) is 62.2 cm³/mol. The van der Waals surface area contributed by atoms with Gasteiger partial charge in [-0.2, -0.15) is 0 Å². The second kappa shape index (κ2) is 6.43. The lowest BCUT2D eigenvalue weighted by Crippen LogP contribution is -2.09. The molecule has 1 rings (SSSR count). The van der Waals surface area contributed by atoms with E-state index in [1.54, 1.807) is 13.3 Å². The molecular formula is C12H20N2O2. The molecule has 1 heterocycles. The van der Waals surface area contributed by atoms with Gasteiger partial charge in [-0.1, -0.05) is 0 Å². The number of methoxy groups -OCH3 is 1. The molecule has 0 aromatic carbocycles. The molecule has 0 spiro atoms. The highest BCUT2D eigenvalue weighted by molar-refractivity contribution is 5.78. The van der Waals surface area contributed by atoms with Crippen molar-refractivity contribution < 1.29 is 9.53 Å². The van der Waals surface area contributed by atoms with E-state index >= 15 is 0 Å². The van der Waals surface area contributed by atoms with Crippen LogP contribution >= 0.6 is 0 Å². The molecule has 0 bridgehead atoms. The summed E-state index contributed by atoms with van der Waals surface area (Å²) < 4.78 is 7.05. The zero-order valence-corrected chi connectivity index (χ0v) is 10.3. The van der Waals surface area contributed by atoms with Crippen LogP contribution in [0.4, 0.5) is 0 Å². The van der Waals surface area contributed by atoms with Gasteiger partial charge in [0.05, 0.1) is 6.10 Å². The average molecular weight is 224 g/mol. The van der Waals surface area contributed by atoms with Crippen molar-refractivity contribution in [3.05, 3.63) is 18.2 Å². The maximum atomic E-state index is 11.6. The number of ether oxygens (including phenoxy) is 1. The number of hydrogen-bond donors (Lipinski definition) is 0. The first-order valence-corrected chi connectivity index (χ1v) is 5.64. The Morgan fingerprint density at radius 1 is 1.56 bits per heavy atom. The van der Waals surface area contributed by atoms with Gasteiger partial charge in [-0.05, 0) is 13.3 Å². The first-order chi connectivity index (χ1) is 7.63. The summed E-state index contributed by atoms with van der Waals surface area (Å²) in [6.07, 6.45) is 6.51. The van der Waals surface area contributed by atoms with Gasteiger partial charge in [-0.15, -0.1) is 0 Å². The Balaban J connectivity index is 2.23. The van der Waals surface area contributed by atoms with E-state index in [1.165, 1.54) is 0 Å². The molecule has 0 amide bonds. The minimum absolute atomic E-state index is 0.164. The highest BCUT2D eigenvalue weighted by Crippen LogP contribution is 2.06. The van der Waals surface area contributed by atoms with Gasteiger partial charge < -0.3 is 9.30 Å². The van der Waals surface area contributed by atoms with Crippen LogP contribution in [0.25, 0.3) is 0 Å². The molecule has 0 N–H and O–H groups in total. The molecule has 90 valence electrons.